The predicted molar refractivity (Wildman–Crippen MR) is 134 cm³/mol. The van der Waals surface area contributed by atoms with Gasteiger partial charge in [-0.25, -0.2) is 4.79 Å². The van der Waals surface area contributed by atoms with Crippen molar-refractivity contribution in [3.8, 4) is 16.9 Å². The lowest BCUT2D eigenvalue weighted by Gasteiger charge is -2.41. The Balaban J connectivity index is 1.35. The molecule has 1 heterocycles. The Labute approximate surface area is 205 Å². The molecule has 1 aliphatic rings. The fraction of sp³-hybridized carbons (Fsp3) is 0.321. The van der Waals surface area contributed by atoms with E-state index in [1.54, 1.807) is 0 Å². The van der Waals surface area contributed by atoms with Gasteiger partial charge >= 0.3 is 5.97 Å². The minimum absolute atomic E-state index is 0.349. The Morgan fingerprint density at radius 2 is 1.79 bits per heavy atom. The third kappa shape index (κ3) is 6.20. The summed E-state index contributed by atoms with van der Waals surface area (Å²) in [6.07, 6.45) is 2.46. The molecule has 6 heteroatoms. The van der Waals surface area contributed by atoms with Crippen LogP contribution in [0, 0.1) is 0 Å². The van der Waals surface area contributed by atoms with Gasteiger partial charge in [0, 0.05) is 4.90 Å². The first kappa shape index (κ1) is 24.3. The number of carboxylic acids is 1. The van der Waals surface area contributed by atoms with Crippen LogP contribution in [0.2, 0.25) is 0 Å². The van der Waals surface area contributed by atoms with Crippen LogP contribution in [-0.4, -0.2) is 36.6 Å². The summed E-state index contributed by atoms with van der Waals surface area (Å²) in [5.74, 6) is 0.917. The van der Waals surface area contributed by atoms with Gasteiger partial charge in [0.05, 0.1) is 13.2 Å². The van der Waals surface area contributed by atoms with E-state index in [1.807, 2.05) is 36.0 Å². The highest BCUT2D eigenvalue weighted by atomic mass is 32.2. The molecule has 0 bridgehead atoms. The molecule has 1 saturated heterocycles. The number of ether oxygens (including phenoxy) is 3. The second-order valence-corrected chi connectivity index (χ2v) is 9.58. The van der Waals surface area contributed by atoms with Crippen molar-refractivity contribution in [1.82, 2.24) is 0 Å². The molecular formula is C28H30O5S. The van der Waals surface area contributed by atoms with Crippen LogP contribution >= 0.6 is 11.8 Å². The maximum absolute atomic E-state index is 10.9. The molecule has 0 saturated carbocycles. The van der Waals surface area contributed by atoms with Gasteiger partial charge in [-0.15, -0.1) is 11.8 Å². The molecule has 0 radical (unpaired) electrons. The summed E-state index contributed by atoms with van der Waals surface area (Å²) >= 11 is 1.91. The lowest BCUT2D eigenvalue weighted by atomic mass is 9.91. The van der Waals surface area contributed by atoms with Gasteiger partial charge in [-0.1, -0.05) is 55.8 Å². The van der Waals surface area contributed by atoms with E-state index >= 15 is 0 Å². The van der Waals surface area contributed by atoms with Crippen LogP contribution < -0.4 is 4.74 Å². The summed E-state index contributed by atoms with van der Waals surface area (Å²) in [5.41, 5.74) is 3.67. The lowest BCUT2D eigenvalue weighted by Crippen LogP contribution is -2.49. The summed E-state index contributed by atoms with van der Waals surface area (Å²) in [6, 6.07) is 24.8. The number of aliphatic carboxylic acids is 1. The summed E-state index contributed by atoms with van der Waals surface area (Å²) < 4.78 is 16.9. The highest BCUT2D eigenvalue weighted by molar-refractivity contribution is 7.99. The molecule has 0 aromatic heterocycles. The number of hydrogen-bond acceptors (Lipinski definition) is 5. The van der Waals surface area contributed by atoms with Crippen LogP contribution in [0.1, 0.15) is 30.9 Å². The van der Waals surface area contributed by atoms with Crippen LogP contribution in [0.3, 0.4) is 0 Å². The number of hydrogen-bond donors (Lipinski definition) is 1. The van der Waals surface area contributed by atoms with Crippen molar-refractivity contribution in [2.24, 2.45) is 0 Å². The average molecular weight is 479 g/mol. The molecule has 0 aliphatic carbocycles. The fourth-order valence-electron chi connectivity index (χ4n) is 3.76. The Morgan fingerprint density at radius 3 is 2.44 bits per heavy atom. The number of rotatable bonds is 12. The summed E-state index contributed by atoms with van der Waals surface area (Å²) in [4.78, 5) is 12.2. The van der Waals surface area contributed by atoms with Crippen LogP contribution in [0.5, 0.6) is 5.75 Å². The minimum Gasteiger partial charge on any atom is -0.489 e. The zero-order chi connectivity index (χ0) is 23.8. The second-order valence-electron chi connectivity index (χ2n) is 8.41. The molecule has 0 unspecified atom stereocenters. The van der Waals surface area contributed by atoms with E-state index in [1.165, 1.54) is 28.9 Å². The highest BCUT2D eigenvalue weighted by Crippen LogP contribution is 2.34. The van der Waals surface area contributed by atoms with E-state index < -0.39 is 11.6 Å². The van der Waals surface area contributed by atoms with Gasteiger partial charge in [0.25, 0.3) is 0 Å². The summed E-state index contributed by atoms with van der Waals surface area (Å²) in [6.45, 7) is 3.03. The Kier molecular flexibility index (Phi) is 8.27. The quantitative estimate of drug-likeness (QED) is 0.249. The van der Waals surface area contributed by atoms with Gasteiger partial charge in [-0.2, -0.15) is 0 Å². The number of unbranched alkanes of at least 4 members (excludes halogenated alkanes) is 1. The molecule has 178 valence electrons. The van der Waals surface area contributed by atoms with Crippen molar-refractivity contribution in [3.05, 3.63) is 83.9 Å². The third-order valence-corrected chi connectivity index (χ3v) is 6.91. The van der Waals surface area contributed by atoms with Crippen LogP contribution in [0.25, 0.3) is 11.1 Å². The van der Waals surface area contributed by atoms with Gasteiger partial charge in [0.15, 0.2) is 0 Å². The van der Waals surface area contributed by atoms with E-state index in [4.69, 9.17) is 19.3 Å². The minimum atomic E-state index is -0.990. The van der Waals surface area contributed by atoms with E-state index in [-0.39, 0.29) is 6.61 Å². The molecule has 3 aromatic rings. The lowest BCUT2D eigenvalue weighted by molar-refractivity contribution is -0.220. The fourth-order valence-corrected chi connectivity index (χ4v) is 4.76. The number of thioether (sulfide) groups is 1. The maximum atomic E-state index is 10.9. The molecule has 4 rings (SSSR count). The standard InChI is InChI=1S/C28H30O5S/c1-2-3-15-34-26-13-7-22(8-14-26)23-6-4-5-21(16-23)17-32-25-11-9-24(10-12-25)28(19-31-20-28)33-18-27(29)30/h4-14,16H,2-3,15,17-20H2,1H3,(H,29,30). The maximum Gasteiger partial charge on any atom is 0.329 e. The molecule has 1 aliphatic heterocycles. The summed E-state index contributed by atoms with van der Waals surface area (Å²) in [7, 11) is 0. The van der Waals surface area contributed by atoms with Crippen LogP contribution in [0.4, 0.5) is 0 Å². The van der Waals surface area contributed by atoms with E-state index in [2.05, 4.69) is 55.5 Å². The first-order valence-corrected chi connectivity index (χ1v) is 12.6. The number of carboxylic acid groups (broad SMARTS) is 1. The second kappa shape index (κ2) is 11.6. The molecular weight excluding hydrogens is 448 g/mol. The first-order chi connectivity index (χ1) is 16.6. The largest absolute Gasteiger partial charge is 0.489 e. The Bertz CT molecular complexity index is 1070. The summed E-state index contributed by atoms with van der Waals surface area (Å²) in [5, 5.41) is 8.92. The van der Waals surface area contributed by atoms with Crippen molar-refractivity contribution >= 4 is 17.7 Å². The van der Waals surface area contributed by atoms with Gasteiger partial charge in [-0.05, 0) is 64.8 Å². The van der Waals surface area contributed by atoms with Crippen molar-refractivity contribution < 1.29 is 24.1 Å². The van der Waals surface area contributed by atoms with Crippen LogP contribution in [0.15, 0.2) is 77.7 Å². The van der Waals surface area contributed by atoms with Gasteiger partial charge in [0.1, 0.15) is 24.6 Å². The molecule has 0 spiro atoms. The van der Waals surface area contributed by atoms with E-state index in [0.717, 1.165) is 22.6 Å². The van der Waals surface area contributed by atoms with Gasteiger partial charge in [0.2, 0.25) is 0 Å². The monoisotopic (exact) mass is 478 g/mol. The number of benzene rings is 3. The molecule has 1 N–H and O–H groups in total. The average Bonchev–Trinajstić information content (AvgIpc) is 2.83. The zero-order valence-corrected chi connectivity index (χ0v) is 20.2. The third-order valence-electron chi connectivity index (χ3n) is 5.81. The highest BCUT2D eigenvalue weighted by Gasteiger charge is 2.42. The van der Waals surface area contributed by atoms with Crippen LogP contribution in [-0.2, 0) is 26.5 Å². The van der Waals surface area contributed by atoms with Crippen molar-refractivity contribution in [2.45, 2.75) is 36.9 Å². The van der Waals surface area contributed by atoms with Gasteiger partial charge < -0.3 is 19.3 Å². The molecule has 34 heavy (non-hydrogen) atoms. The van der Waals surface area contributed by atoms with Gasteiger partial charge in [-0.3, -0.25) is 0 Å². The van der Waals surface area contributed by atoms with Crippen molar-refractivity contribution in [3.63, 3.8) is 0 Å². The first-order valence-electron chi connectivity index (χ1n) is 11.6. The molecule has 0 atom stereocenters. The topological polar surface area (TPSA) is 65.0 Å². The zero-order valence-electron chi connectivity index (χ0n) is 19.4. The Morgan fingerprint density at radius 1 is 1.03 bits per heavy atom. The van der Waals surface area contributed by atoms with E-state index in [9.17, 15) is 4.79 Å². The normalized spacial score (nSPS) is 14.4. The van der Waals surface area contributed by atoms with E-state index in [0.29, 0.717) is 19.8 Å². The molecule has 3 aromatic carbocycles. The molecule has 0 amide bonds. The molecule has 5 nitrogen and oxygen atoms in total. The van der Waals surface area contributed by atoms with Crippen molar-refractivity contribution in [2.75, 3.05) is 25.6 Å². The number of carbonyl (C=O) groups is 1. The SMILES string of the molecule is CCCCSc1ccc(-c2cccc(COc3ccc(C4(OCC(=O)O)COC4)cc3)c2)cc1. The van der Waals surface area contributed by atoms with Crippen molar-refractivity contribution in [1.29, 1.82) is 0 Å². The predicted octanol–water partition coefficient (Wildman–Crippen LogP) is 6.15. The smallest absolute Gasteiger partial charge is 0.329 e. The Hall–Kier alpha value is -2.80. The molecule has 1 fully saturated rings.